The standard InChI is InChI=1S/C20H23N5O2/c1-27-11-10-21-20(26)19-14-24(13-17-8-9-22-25(17)19)12-16-7-6-15-4-2-3-5-18(15)23-16/h2-9,19H,10-14H2,1H3,(H,21,26)/t19-/m0/s1. The average molecular weight is 365 g/mol. The molecule has 0 saturated heterocycles. The minimum Gasteiger partial charge on any atom is -0.383 e. The monoisotopic (exact) mass is 365 g/mol. The summed E-state index contributed by atoms with van der Waals surface area (Å²) < 4.78 is 6.84. The van der Waals surface area contributed by atoms with E-state index in [-0.39, 0.29) is 11.9 Å². The quantitative estimate of drug-likeness (QED) is 0.674. The molecule has 0 bridgehead atoms. The van der Waals surface area contributed by atoms with E-state index >= 15 is 0 Å². The minimum atomic E-state index is -0.346. The molecule has 7 heteroatoms. The Labute approximate surface area is 157 Å². The Kier molecular flexibility index (Phi) is 5.13. The maximum atomic E-state index is 12.6. The molecular weight excluding hydrogens is 342 g/mol. The SMILES string of the molecule is COCCNC(=O)[C@@H]1CN(Cc2ccc3ccccc3n2)Cc2ccnn21. The van der Waals surface area contributed by atoms with Gasteiger partial charge in [0.05, 0.1) is 23.5 Å². The van der Waals surface area contributed by atoms with Gasteiger partial charge in [0.15, 0.2) is 0 Å². The number of nitrogens with zero attached hydrogens (tertiary/aromatic N) is 4. The highest BCUT2D eigenvalue weighted by Gasteiger charge is 2.30. The summed E-state index contributed by atoms with van der Waals surface area (Å²) in [6.45, 7) is 3.03. The van der Waals surface area contributed by atoms with Crippen LogP contribution in [0.25, 0.3) is 10.9 Å². The molecule has 27 heavy (non-hydrogen) atoms. The van der Waals surface area contributed by atoms with Crippen LogP contribution in [0.3, 0.4) is 0 Å². The van der Waals surface area contributed by atoms with Crippen molar-refractivity contribution in [3.63, 3.8) is 0 Å². The van der Waals surface area contributed by atoms with Crippen LogP contribution in [0.15, 0.2) is 48.7 Å². The third-order valence-electron chi connectivity index (χ3n) is 4.81. The van der Waals surface area contributed by atoms with Crippen molar-refractivity contribution < 1.29 is 9.53 Å². The second-order valence-electron chi connectivity index (χ2n) is 6.73. The average Bonchev–Trinajstić information content (AvgIpc) is 3.16. The van der Waals surface area contributed by atoms with Gasteiger partial charge in [-0.15, -0.1) is 0 Å². The number of fused-ring (bicyclic) bond motifs is 2. The lowest BCUT2D eigenvalue weighted by Gasteiger charge is -2.33. The van der Waals surface area contributed by atoms with Gasteiger partial charge in [0.25, 0.3) is 0 Å². The van der Waals surface area contributed by atoms with Crippen LogP contribution in [0.1, 0.15) is 17.4 Å². The number of nitrogens with one attached hydrogen (secondary N) is 1. The molecule has 0 fully saturated rings. The van der Waals surface area contributed by atoms with Crippen LogP contribution < -0.4 is 5.32 Å². The number of carbonyl (C=O) groups excluding carboxylic acids is 1. The summed E-state index contributed by atoms with van der Waals surface area (Å²) in [6, 6.07) is 13.9. The van der Waals surface area contributed by atoms with Crippen LogP contribution >= 0.6 is 0 Å². The van der Waals surface area contributed by atoms with Crippen molar-refractivity contribution in [3.05, 3.63) is 60.0 Å². The van der Waals surface area contributed by atoms with Crippen LogP contribution in [-0.4, -0.2) is 52.4 Å². The van der Waals surface area contributed by atoms with Gasteiger partial charge < -0.3 is 10.1 Å². The predicted molar refractivity (Wildman–Crippen MR) is 102 cm³/mol. The minimum absolute atomic E-state index is 0.0341. The molecule has 1 amide bonds. The fraction of sp³-hybridized carbons (Fsp3) is 0.350. The van der Waals surface area contributed by atoms with Crippen molar-refractivity contribution in [1.29, 1.82) is 0 Å². The van der Waals surface area contributed by atoms with Crippen LogP contribution in [0.4, 0.5) is 0 Å². The molecule has 140 valence electrons. The molecule has 0 radical (unpaired) electrons. The first-order chi connectivity index (χ1) is 13.2. The zero-order valence-corrected chi connectivity index (χ0v) is 15.3. The van der Waals surface area contributed by atoms with Gasteiger partial charge in [-0.3, -0.25) is 19.4 Å². The van der Waals surface area contributed by atoms with E-state index < -0.39 is 0 Å². The maximum absolute atomic E-state index is 12.6. The van der Waals surface area contributed by atoms with Crippen molar-refractivity contribution in [1.82, 2.24) is 25.0 Å². The summed E-state index contributed by atoms with van der Waals surface area (Å²) >= 11 is 0. The molecule has 1 atom stereocenters. The van der Waals surface area contributed by atoms with Crippen molar-refractivity contribution in [2.75, 3.05) is 26.8 Å². The smallest absolute Gasteiger partial charge is 0.246 e. The van der Waals surface area contributed by atoms with Crippen LogP contribution in [0.2, 0.25) is 0 Å². The van der Waals surface area contributed by atoms with Crippen LogP contribution in [0, 0.1) is 0 Å². The number of carbonyl (C=O) groups is 1. The molecule has 3 aromatic rings. The summed E-state index contributed by atoms with van der Waals surface area (Å²) in [5, 5.41) is 8.41. The summed E-state index contributed by atoms with van der Waals surface area (Å²) in [5.74, 6) is -0.0341. The van der Waals surface area contributed by atoms with E-state index in [4.69, 9.17) is 9.72 Å². The highest BCUT2D eigenvalue weighted by Crippen LogP contribution is 2.22. The second-order valence-corrected chi connectivity index (χ2v) is 6.73. The Morgan fingerprint density at radius 3 is 3.04 bits per heavy atom. The van der Waals surface area contributed by atoms with Gasteiger partial charge in [0.1, 0.15) is 6.04 Å². The molecule has 0 saturated carbocycles. The highest BCUT2D eigenvalue weighted by molar-refractivity contribution is 5.80. The molecule has 3 heterocycles. The van der Waals surface area contributed by atoms with E-state index in [9.17, 15) is 4.79 Å². The molecular formula is C20H23N5O2. The molecule has 2 aromatic heterocycles. The van der Waals surface area contributed by atoms with Gasteiger partial charge in [-0.1, -0.05) is 24.3 Å². The topological polar surface area (TPSA) is 72.3 Å². The van der Waals surface area contributed by atoms with Gasteiger partial charge in [0.2, 0.25) is 5.91 Å². The van der Waals surface area contributed by atoms with Gasteiger partial charge in [0, 0.05) is 44.9 Å². The Morgan fingerprint density at radius 1 is 1.26 bits per heavy atom. The number of hydrogen-bond acceptors (Lipinski definition) is 5. The van der Waals surface area contributed by atoms with E-state index in [1.54, 1.807) is 13.3 Å². The van der Waals surface area contributed by atoms with Gasteiger partial charge in [-0.2, -0.15) is 5.10 Å². The number of methoxy groups -OCH3 is 1. The molecule has 1 aliphatic rings. The first-order valence-electron chi connectivity index (χ1n) is 9.10. The molecule has 1 aromatic carbocycles. The second kappa shape index (κ2) is 7.85. The third kappa shape index (κ3) is 3.84. The van der Waals surface area contributed by atoms with E-state index in [0.29, 0.717) is 26.2 Å². The number of ether oxygens (including phenoxy) is 1. The first kappa shape index (κ1) is 17.6. The molecule has 4 rings (SSSR count). The number of rotatable bonds is 6. The highest BCUT2D eigenvalue weighted by atomic mass is 16.5. The fourth-order valence-electron chi connectivity index (χ4n) is 3.50. The normalized spacial score (nSPS) is 17.0. The van der Waals surface area contributed by atoms with Crippen LogP contribution in [0.5, 0.6) is 0 Å². The molecule has 7 nitrogen and oxygen atoms in total. The fourth-order valence-corrected chi connectivity index (χ4v) is 3.50. The number of amides is 1. The summed E-state index contributed by atoms with van der Waals surface area (Å²) in [4.78, 5) is 19.6. The van der Waals surface area contributed by atoms with E-state index in [2.05, 4.69) is 33.5 Å². The Bertz CT molecular complexity index is 939. The number of benzene rings is 1. The lowest BCUT2D eigenvalue weighted by molar-refractivity contribution is -0.126. The Balaban J connectivity index is 1.51. The largest absolute Gasteiger partial charge is 0.383 e. The van der Waals surface area contributed by atoms with Crippen molar-refractivity contribution in [3.8, 4) is 0 Å². The maximum Gasteiger partial charge on any atom is 0.246 e. The predicted octanol–water partition coefficient (Wildman–Crippen LogP) is 1.75. The molecule has 1 aliphatic heterocycles. The molecule has 1 N–H and O–H groups in total. The first-order valence-corrected chi connectivity index (χ1v) is 9.10. The number of para-hydroxylation sites is 1. The Morgan fingerprint density at radius 2 is 2.15 bits per heavy atom. The molecule has 0 spiro atoms. The van der Waals surface area contributed by atoms with E-state index in [1.807, 2.05) is 28.9 Å². The van der Waals surface area contributed by atoms with Crippen molar-refractivity contribution >= 4 is 16.8 Å². The summed E-state index contributed by atoms with van der Waals surface area (Å²) in [7, 11) is 1.62. The Hall–Kier alpha value is -2.77. The third-order valence-corrected chi connectivity index (χ3v) is 4.81. The zero-order valence-electron chi connectivity index (χ0n) is 15.3. The van der Waals surface area contributed by atoms with Crippen molar-refractivity contribution in [2.24, 2.45) is 0 Å². The van der Waals surface area contributed by atoms with Gasteiger partial charge >= 0.3 is 0 Å². The number of pyridine rings is 1. The van der Waals surface area contributed by atoms with Gasteiger partial charge in [-0.25, -0.2) is 0 Å². The number of aromatic nitrogens is 3. The lowest BCUT2D eigenvalue weighted by Crippen LogP contribution is -2.45. The van der Waals surface area contributed by atoms with Gasteiger partial charge in [-0.05, 0) is 18.2 Å². The number of hydrogen-bond donors (Lipinski definition) is 1. The summed E-state index contributed by atoms with van der Waals surface area (Å²) in [6.07, 6.45) is 1.75. The van der Waals surface area contributed by atoms with E-state index in [1.165, 1.54) is 0 Å². The lowest BCUT2D eigenvalue weighted by atomic mass is 10.1. The zero-order chi connectivity index (χ0) is 18.6. The summed E-state index contributed by atoms with van der Waals surface area (Å²) in [5.41, 5.74) is 3.03. The van der Waals surface area contributed by atoms with Crippen molar-refractivity contribution in [2.45, 2.75) is 19.1 Å². The van der Waals surface area contributed by atoms with E-state index in [0.717, 1.165) is 28.8 Å². The molecule has 0 aliphatic carbocycles. The van der Waals surface area contributed by atoms with Crippen LogP contribution in [-0.2, 0) is 22.6 Å². The molecule has 0 unspecified atom stereocenters.